The molecule has 22 heavy (non-hydrogen) atoms. The molecule has 0 aliphatic carbocycles. The van der Waals surface area contributed by atoms with Gasteiger partial charge < -0.3 is 10.1 Å². The maximum atomic E-state index is 12.2. The Kier molecular flexibility index (Phi) is 5.33. The highest BCUT2D eigenvalue weighted by molar-refractivity contribution is 6.35. The van der Waals surface area contributed by atoms with Gasteiger partial charge in [-0.3, -0.25) is 4.79 Å². The number of nitrogens with one attached hydrogen (secondary N) is 1. The molecule has 116 valence electrons. The molecule has 0 spiro atoms. The van der Waals surface area contributed by atoms with Crippen LogP contribution in [0.15, 0.2) is 36.4 Å². The summed E-state index contributed by atoms with van der Waals surface area (Å²) in [6.07, 6.45) is -0.641. The van der Waals surface area contributed by atoms with E-state index >= 15 is 0 Å². The number of benzene rings is 2. The highest BCUT2D eigenvalue weighted by Crippen LogP contribution is 2.25. The lowest BCUT2D eigenvalue weighted by molar-refractivity contribution is -0.122. The van der Waals surface area contributed by atoms with Crippen molar-refractivity contribution in [3.05, 3.63) is 57.6 Å². The Morgan fingerprint density at radius 2 is 1.64 bits per heavy atom. The van der Waals surface area contributed by atoms with Crippen molar-refractivity contribution in [2.45, 2.75) is 26.9 Å². The third-order valence-corrected chi connectivity index (χ3v) is 3.64. The number of anilines is 1. The number of halogens is 2. The first-order chi connectivity index (χ1) is 10.4. The van der Waals surface area contributed by atoms with Crippen LogP contribution < -0.4 is 10.1 Å². The van der Waals surface area contributed by atoms with Crippen LogP contribution in [0.5, 0.6) is 5.75 Å². The summed E-state index contributed by atoms with van der Waals surface area (Å²) in [7, 11) is 0. The lowest BCUT2D eigenvalue weighted by Crippen LogP contribution is -2.30. The van der Waals surface area contributed by atoms with Crippen molar-refractivity contribution in [2.24, 2.45) is 0 Å². The number of amides is 1. The summed E-state index contributed by atoms with van der Waals surface area (Å²) in [5.41, 5.74) is 2.52. The normalized spacial score (nSPS) is 11.9. The van der Waals surface area contributed by atoms with Gasteiger partial charge in [-0.2, -0.15) is 0 Å². The topological polar surface area (TPSA) is 38.3 Å². The van der Waals surface area contributed by atoms with Crippen LogP contribution in [0, 0.1) is 13.8 Å². The summed E-state index contributed by atoms with van der Waals surface area (Å²) in [4.78, 5) is 12.2. The number of carbonyl (C=O) groups is 1. The van der Waals surface area contributed by atoms with Crippen LogP contribution >= 0.6 is 23.2 Å². The predicted octanol–water partition coefficient (Wildman–Crippen LogP) is 5.02. The number of hydrogen-bond donors (Lipinski definition) is 1. The van der Waals surface area contributed by atoms with E-state index < -0.39 is 6.10 Å². The summed E-state index contributed by atoms with van der Waals surface area (Å²) in [6, 6.07) is 10.7. The standard InChI is InChI=1S/C17H17Cl2NO2/c1-10-5-4-6-11(2)16(10)22-12(3)17(21)20-15-8-13(18)7-14(19)9-15/h4-9,12H,1-3H3,(H,20,21)/t12-/m1/s1. The fourth-order valence-corrected chi connectivity index (χ4v) is 2.61. The average molecular weight is 338 g/mol. The minimum atomic E-state index is -0.641. The predicted molar refractivity (Wildman–Crippen MR) is 91.1 cm³/mol. The smallest absolute Gasteiger partial charge is 0.265 e. The van der Waals surface area contributed by atoms with E-state index in [1.807, 2.05) is 32.0 Å². The molecule has 1 atom stereocenters. The largest absolute Gasteiger partial charge is 0.480 e. The van der Waals surface area contributed by atoms with Crippen LogP contribution in [0.3, 0.4) is 0 Å². The number of ether oxygens (including phenoxy) is 1. The Morgan fingerprint density at radius 1 is 1.09 bits per heavy atom. The Hall–Kier alpha value is -1.71. The van der Waals surface area contributed by atoms with Crippen molar-refractivity contribution in [3.8, 4) is 5.75 Å². The molecular formula is C17H17Cl2NO2. The Balaban J connectivity index is 2.09. The number of carbonyl (C=O) groups excluding carboxylic acids is 1. The summed E-state index contributed by atoms with van der Waals surface area (Å²) in [6.45, 7) is 5.60. The molecule has 1 amide bonds. The van der Waals surface area contributed by atoms with Gasteiger partial charge in [-0.15, -0.1) is 0 Å². The molecule has 0 saturated carbocycles. The van der Waals surface area contributed by atoms with Crippen molar-refractivity contribution in [2.75, 3.05) is 5.32 Å². The lowest BCUT2D eigenvalue weighted by atomic mass is 10.1. The van der Waals surface area contributed by atoms with E-state index in [1.54, 1.807) is 25.1 Å². The summed E-state index contributed by atoms with van der Waals surface area (Å²) in [5.74, 6) is 0.468. The molecular weight excluding hydrogens is 321 g/mol. The highest BCUT2D eigenvalue weighted by Gasteiger charge is 2.17. The molecule has 0 aliphatic heterocycles. The van der Waals surface area contributed by atoms with Gasteiger partial charge in [-0.1, -0.05) is 41.4 Å². The highest BCUT2D eigenvalue weighted by atomic mass is 35.5. The fourth-order valence-electron chi connectivity index (χ4n) is 2.09. The molecule has 5 heteroatoms. The quantitative estimate of drug-likeness (QED) is 0.850. The second kappa shape index (κ2) is 7.03. The maximum Gasteiger partial charge on any atom is 0.265 e. The number of rotatable bonds is 4. The summed E-state index contributed by atoms with van der Waals surface area (Å²) >= 11 is 11.8. The zero-order valence-electron chi connectivity index (χ0n) is 12.6. The molecule has 0 bridgehead atoms. The lowest BCUT2D eigenvalue weighted by Gasteiger charge is -2.18. The fraction of sp³-hybridized carbons (Fsp3) is 0.235. The third-order valence-electron chi connectivity index (χ3n) is 3.20. The molecule has 0 saturated heterocycles. The molecule has 0 fully saturated rings. The van der Waals surface area contributed by atoms with Crippen molar-refractivity contribution in [1.82, 2.24) is 0 Å². The summed E-state index contributed by atoms with van der Waals surface area (Å²) < 4.78 is 5.79. The van der Waals surface area contributed by atoms with Crippen molar-refractivity contribution < 1.29 is 9.53 Å². The van der Waals surface area contributed by atoms with Gasteiger partial charge in [-0.05, 0) is 50.1 Å². The summed E-state index contributed by atoms with van der Waals surface area (Å²) in [5, 5.41) is 3.68. The van der Waals surface area contributed by atoms with Gasteiger partial charge in [0.1, 0.15) is 5.75 Å². The van der Waals surface area contributed by atoms with E-state index in [0.717, 1.165) is 16.9 Å². The molecule has 0 heterocycles. The molecule has 1 N–H and O–H groups in total. The molecule has 3 nitrogen and oxygen atoms in total. The first-order valence-corrected chi connectivity index (χ1v) is 7.62. The third kappa shape index (κ3) is 4.15. The van der Waals surface area contributed by atoms with Gasteiger partial charge in [0.05, 0.1) is 0 Å². The van der Waals surface area contributed by atoms with Gasteiger partial charge >= 0.3 is 0 Å². The van der Waals surface area contributed by atoms with Crippen LogP contribution in [-0.2, 0) is 4.79 Å². The van der Waals surface area contributed by atoms with E-state index in [0.29, 0.717) is 15.7 Å². The van der Waals surface area contributed by atoms with Crippen molar-refractivity contribution >= 4 is 34.8 Å². The molecule has 0 radical (unpaired) electrons. The minimum absolute atomic E-state index is 0.263. The molecule has 2 aromatic rings. The molecule has 0 unspecified atom stereocenters. The SMILES string of the molecule is Cc1cccc(C)c1O[C@H](C)C(=O)Nc1cc(Cl)cc(Cl)c1. The van der Waals surface area contributed by atoms with E-state index in [2.05, 4.69) is 5.32 Å². The van der Waals surface area contributed by atoms with E-state index in [4.69, 9.17) is 27.9 Å². The molecule has 0 aliphatic rings. The second-order valence-electron chi connectivity index (χ2n) is 5.13. The number of hydrogen-bond acceptors (Lipinski definition) is 2. The first kappa shape index (κ1) is 16.7. The van der Waals surface area contributed by atoms with Crippen LogP contribution in [-0.4, -0.2) is 12.0 Å². The average Bonchev–Trinajstić information content (AvgIpc) is 2.41. The van der Waals surface area contributed by atoms with Crippen molar-refractivity contribution in [1.29, 1.82) is 0 Å². The van der Waals surface area contributed by atoms with E-state index in [9.17, 15) is 4.79 Å². The first-order valence-electron chi connectivity index (χ1n) is 6.86. The zero-order chi connectivity index (χ0) is 16.3. The number of aryl methyl sites for hydroxylation is 2. The Bertz CT molecular complexity index is 661. The van der Waals surface area contributed by atoms with Gasteiger partial charge in [0.25, 0.3) is 5.91 Å². The maximum absolute atomic E-state index is 12.2. The van der Waals surface area contributed by atoms with E-state index in [1.165, 1.54) is 0 Å². The Morgan fingerprint density at radius 3 is 2.18 bits per heavy atom. The van der Waals surface area contributed by atoms with Crippen LogP contribution in [0.25, 0.3) is 0 Å². The molecule has 2 rings (SSSR count). The van der Waals surface area contributed by atoms with Gasteiger partial charge in [0.2, 0.25) is 0 Å². The molecule has 2 aromatic carbocycles. The van der Waals surface area contributed by atoms with Crippen LogP contribution in [0.2, 0.25) is 10.0 Å². The number of para-hydroxylation sites is 1. The van der Waals surface area contributed by atoms with E-state index in [-0.39, 0.29) is 5.91 Å². The van der Waals surface area contributed by atoms with Crippen LogP contribution in [0.4, 0.5) is 5.69 Å². The zero-order valence-corrected chi connectivity index (χ0v) is 14.1. The molecule has 0 aromatic heterocycles. The van der Waals surface area contributed by atoms with Crippen molar-refractivity contribution in [3.63, 3.8) is 0 Å². The van der Waals surface area contributed by atoms with Gasteiger partial charge in [-0.25, -0.2) is 0 Å². The Labute approximate surface area is 140 Å². The van der Waals surface area contributed by atoms with Gasteiger partial charge in [0.15, 0.2) is 6.10 Å². The van der Waals surface area contributed by atoms with Crippen LogP contribution in [0.1, 0.15) is 18.1 Å². The van der Waals surface area contributed by atoms with Gasteiger partial charge in [0, 0.05) is 15.7 Å². The monoisotopic (exact) mass is 337 g/mol. The second-order valence-corrected chi connectivity index (χ2v) is 6.00. The minimum Gasteiger partial charge on any atom is -0.480 e.